The molecule has 7 nitrogen and oxygen atoms in total. The number of thioether (sulfide) groups is 1. The average molecular weight is 508 g/mol. The topological polar surface area (TPSA) is 104 Å². The van der Waals surface area contributed by atoms with Crippen LogP contribution in [0.3, 0.4) is 0 Å². The summed E-state index contributed by atoms with van der Waals surface area (Å²) in [7, 11) is 0. The number of hydrogen-bond acceptors (Lipinski definition) is 6. The number of halogens is 2. The van der Waals surface area contributed by atoms with Gasteiger partial charge in [-0.2, -0.15) is 5.10 Å². The van der Waals surface area contributed by atoms with Gasteiger partial charge in [-0.05, 0) is 66.3 Å². The molecule has 2 unspecified atom stereocenters. The fourth-order valence-corrected chi connectivity index (χ4v) is 5.41. The predicted octanol–water partition coefficient (Wildman–Crippen LogP) is 4.55. The quantitative estimate of drug-likeness (QED) is 0.390. The van der Waals surface area contributed by atoms with Crippen LogP contribution < -0.4 is 11.3 Å². The van der Waals surface area contributed by atoms with Crippen molar-refractivity contribution in [3.8, 4) is 0 Å². The number of hydrogen-bond donors (Lipinski definition) is 2. The number of nitrogens with two attached hydrogens (primary N) is 1. The van der Waals surface area contributed by atoms with Crippen molar-refractivity contribution in [2.75, 3.05) is 11.5 Å². The summed E-state index contributed by atoms with van der Waals surface area (Å²) < 4.78 is 27.1. The van der Waals surface area contributed by atoms with E-state index in [0.29, 0.717) is 0 Å². The van der Waals surface area contributed by atoms with Crippen LogP contribution in [0.15, 0.2) is 75.2 Å². The SMILES string of the molecule is Nc1cc(=O)[nH]c(SCC(=O)N2N=C3C(=Cc4ccc(F)cc4)CCCC3C2c2ccc(F)cc2)n1. The van der Waals surface area contributed by atoms with E-state index in [9.17, 15) is 18.4 Å². The van der Waals surface area contributed by atoms with Crippen LogP contribution in [0.25, 0.3) is 6.08 Å². The lowest BCUT2D eigenvalue weighted by atomic mass is 9.77. The third kappa shape index (κ3) is 5.08. The number of benzene rings is 2. The van der Waals surface area contributed by atoms with Gasteiger partial charge in [-0.1, -0.05) is 36.0 Å². The van der Waals surface area contributed by atoms with Gasteiger partial charge in [0.15, 0.2) is 5.16 Å². The van der Waals surface area contributed by atoms with Crippen LogP contribution in [0.5, 0.6) is 0 Å². The minimum absolute atomic E-state index is 0.0232. The van der Waals surface area contributed by atoms with Crippen molar-refractivity contribution in [2.24, 2.45) is 11.0 Å². The van der Waals surface area contributed by atoms with E-state index in [1.54, 1.807) is 24.3 Å². The van der Waals surface area contributed by atoms with Gasteiger partial charge in [0.2, 0.25) is 0 Å². The van der Waals surface area contributed by atoms with Crippen LogP contribution >= 0.6 is 11.8 Å². The van der Waals surface area contributed by atoms with E-state index in [-0.39, 0.29) is 40.2 Å². The summed E-state index contributed by atoms with van der Waals surface area (Å²) in [5.41, 5.74) is 8.70. The number of nitrogen functional groups attached to an aromatic ring is 1. The molecular formula is C26H23F2N5O2S. The van der Waals surface area contributed by atoms with Crippen LogP contribution in [0.1, 0.15) is 36.4 Å². The fourth-order valence-electron chi connectivity index (χ4n) is 4.68. The highest BCUT2D eigenvalue weighted by Gasteiger charge is 2.43. The van der Waals surface area contributed by atoms with Gasteiger partial charge < -0.3 is 10.7 Å². The highest BCUT2D eigenvalue weighted by molar-refractivity contribution is 7.99. The van der Waals surface area contributed by atoms with Gasteiger partial charge in [0, 0.05) is 12.0 Å². The number of amides is 1. The number of nitrogens with zero attached hydrogens (tertiary/aromatic N) is 3. The maximum Gasteiger partial charge on any atom is 0.253 e. The van der Waals surface area contributed by atoms with Crippen molar-refractivity contribution >= 4 is 35.3 Å². The number of allylic oxidation sites excluding steroid dienone is 1. The first-order valence-corrected chi connectivity index (χ1v) is 12.5. The monoisotopic (exact) mass is 507 g/mol. The van der Waals surface area contributed by atoms with E-state index >= 15 is 0 Å². The van der Waals surface area contributed by atoms with Gasteiger partial charge >= 0.3 is 0 Å². The molecule has 3 aromatic rings. The molecule has 1 aliphatic carbocycles. The fraction of sp³-hybridized carbons (Fsp3) is 0.231. The molecule has 10 heteroatoms. The van der Waals surface area contributed by atoms with E-state index in [4.69, 9.17) is 10.8 Å². The summed E-state index contributed by atoms with van der Waals surface area (Å²) in [6.07, 6.45) is 4.49. The normalized spacial score (nSPS) is 20.3. The molecule has 1 aliphatic heterocycles. The van der Waals surface area contributed by atoms with Crippen molar-refractivity contribution in [3.05, 3.63) is 93.3 Å². The Bertz CT molecular complexity index is 1400. The number of fused-ring (bicyclic) bond motifs is 1. The van der Waals surface area contributed by atoms with Crippen LogP contribution in [-0.4, -0.2) is 32.3 Å². The first kappa shape index (κ1) is 23.9. The molecule has 1 aromatic heterocycles. The van der Waals surface area contributed by atoms with Gasteiger partial charge in [0.1, 0.15) is 17.5 Å². The van der Waals surface area contributed by atoms with Crippen LogP contribution in [0.4, 0.5) is 14.6 Å². The van der Waals surface area contributed by atoms with Crippen molar-refractivity contribution in [1.29, 1.82) is 0 Å². The molecule has 2 aliphatic rings. The smallest absolute Gasteiger partial charge is 0.253 e. The Morgan fingerprint density at radius 1 is 1.14 bits per heavy atom. The van der Waals surface area contributed by atoms with E-state index in [1.807, 2.05) is 6.08 Å². The lowest BCUT2D eigenvalue weighted by Crippen LogP contribution is -2.33. The van der Waals surface area contributed by atoms with Gasteiger partial charge in [0.05, 0.1) is 17.5 Å². The second-order valence-electron chi connectivity index (χ2n) is 8.70. The minimum atomic E-state index is -0.398. The summed E-state index contributed by atoms with van der Waals surface area (Å²) in [5.74, 6) is -0.953. The van der Waals surface area contributed by atoms with Crippen molar-refractivity contribution in [1.82, 2.24) is 15.0 Å². The molecule has 1 saturated carbocycles. The summed E-state index contributed by atoms with van der Waals surface area (Å²) in [5, 5.41) is 6.48. The molecular weight excluding hydrogens is 484 g/mol. The number of aromatic amines is 1. The number of anilines is 1. The second-order valence-corrected chi connectivity index (χ2v) is 9.67. The number of aromatic nitrogens is 2. The molecule has 0 spiro atoms. The molecule has 0 radical (unpaired) electrons. The molecule has 36 heavy (non-hydrogen) atoms. The number of carbonyl (C=O) groups excluding carboxylic acids is 1. The van der Waals surface area contributed by atoms with Gasteiger partial charge in [0.25, 0.3) is 11.5 Å². The Labute approximate surface area is 210 Å². The maximum atomic E-state index is 13.7. The average Bonchev–Trinajstić information content (AvgIpc) is 3.25. The molecule has 2 heterocycles. The Kier molecular flexibility index (Phi) is 6.69. The first-order valence-electron chi connectivity index (χ1n) is 11.5. The summed E-state index contributed by atoms with van der Waals surface area (Å²) in [6.45, 7) is 0. The second kappa shape index (κ2) is 10.1. The van der Waals surface area contributed by atoms with Crippen molar-refractivity contribution < 1.29 is 13.6 Å². The first-order chi connectivity index (χ1) is 17.4. The van der Waals surface area contributed by atoms with E-state index in [0.717, 1.165) is 53.4 Å². The van der Waals surface area contributed by atoms with E-state index in [1.165, 1.54) is 35.3 Å². The van der Waals surface area contributed by atoms with E-state index in [2.05, 4.69) is 9.97 Å². The zero-order chi connectivity index (χ0) is 25.2. The van der Waals surface area contributed by atoms with Gasteiger partial charge in [-0.3, -0.25) is 9.59 Å². The van der Waals surface area contributed by atoms with Crippen LogP contribution in [0.2, 0.25) is 0 Å². The third-order valence-electron chi connectivity index (χ3n) is 6.25. The van der Waals surface area contributed by atoms with E-state index < -0.39 is 11.6 Å². The molecule has 2 atom stereocenters. The summed E-state index contributed by atoms with van der Waals surface area (Å²) in [4.78, 5) is 31.7. The Hall–Kier alpha value is -3.79. The third-order valence-corrected chi connectivity index (χ3v) is 7.11. The number of nitrogens with one attached hydrogen (secondary N) is 1. The zero-order valence-electron chi connectivity index (χ0n) is 19.2. The minimum Gasteiger partial charge on any atom is -0.383 e. The molecule has 5 rings (SSSR count). The lowest BCUT2D eigenvalue weighted by molar-refractivity contribution is -0.130. The number of carbonyl (C=O) groups is 1. The zero-order valence-corrected chi connectivity index (χ0v) is 20.0. The molecule has 184 valence electrons. The summed E-state index contributed by atoms with van der Waals surface area (Å²) >= 11 is 1.06. The highest BCUT2D eigenvalue weighted by Crippen LogP contribution is 2.44. The largest absolute Gasteiger partial charge is 0.383 e. The molecule has 1 amide bonds. The molecule has 0 saturated heterocycles. The van der Waals surface area contributed by atoms with Gasteiger partial charge in [-0.25, -0.2) is 18.8 Å². The Morgan fingerprint density at radius 3 is 2.53 bits per heavy atom. The number of hydrazone groups is 1. The van der Waals surface area contributed by atoms with Crippen LogP contribution in [-0.2, 0) is 4.79 Å². The Balaban J connectivity index is 1.47. The summed E-state index contributed by atoms with van der Waals surface area (Å²) in [6, 6.07) is 13.1. The molecule has 3 N–H and O–H groups in total. The van der Waals surface area contributed by atoms with Crippen LogP contribution in [0, 0.1) is 17.6 Å². The number of rotatable bonds is 5. The Morgan fingerprint density at radius 2 is 1.83 bits per heavy atom. The maximum absolute atomic E-state index is 13.7. The predicted molar refractivity (Wildman–Crippen MR) is 135 cm³/mol. The van der Waals surface area contributed by atoms with Crippen molar-refractivity contribution in [3.63, 3.8) is 0 Å². The lowest BCUT2D eigenvalue weighted by Gasteiger charge is -2.29. The van der Waals surface area contributed by atoms with Crippen molar-refractivity contribution in [2.45, 2.75) is 30.5 Å². The standard InChI is InChI=1S/C26H23F2N5O2S/c27-18-8-4-15(5-9-18)12-17-2-1-3-20-24(17)32-33(25(20)16-6-10-19(28)11-7-16)23(35)14-36-26-30-21(29)13-22(34)31-26/h4-13,20,25H,1-3,14H2,(H3,29,30,31,34). The molecule has 1 fully saturated rings. The molecule has 2 aromatic carbocycles. The number of H-pyrrole nitrogens is 1. The highest BCUT2D eigenvalue weighted by atomic mass is 32.2. The van der Waals surface area contributed by atoms with Gasteiger partial charge in [-0.15, -0.1) is 0 Å². The molecule has 0 bridgehead atoms.